The molecule has 0 radical (unpaired) electrons. The molecule has 0 aliphatic rings. The molecule has 0 aromatic heterocycles. The van der Waals surface area contributed by atoms with E-state index in [0.717, 1.165) is 10.5 Å². The van der Waals surface area contributed by atoms with Crippen LogP contribution < -0.4 is 16.4 Å². The Balaban J connectivity index is 1.89. The van der Waals surface area contributed by atoms with E-state index in [0.29, 0.717) is 5.69 Å². The largest absolute Gasteiger partial charge is 0.369 e. The number of hydrogen-bond donors (Lipinski definition) is 3. The van der Waals surface area contributed by atoms with E-state index < -0.39 is 0 Å². The van der Waals surface area contributed by atoms with Crippen LogP contribution in [0.25, 0.3) is 0 Å². The fourth-order valence-electron chi connectivity index (χ4n) is 2.14. The minimum atomic E-state index is -0.389. The average molecular weight is 343 g/mol. The summed E-state index contributed by atoms with van der Waals surface area (Å²) in [5.74, 6) is -0.347. The molecule has 0 heterocycles. The van der Waals surface area contributed by atoms with Gasteiger partial charge in [0.1, 0.15) is 0 Å². The van der Waals surface area contributed by atoms with Gasteiger partial charge in [-0.25, -0.2) is 0 Å². The summed E-state index contributed by atoms with van der Waals surface area (Å²) in [4.78, 5) is 23.9. The zero-order valence-corrected chi connectivity index (χ0v) is 14.3. The molecule has 0 saturated heterocycles. The zero-order chi connectivity index (χ0) is 17.4. The van der Waals surface area contributed by atoms with Crippen molar-refractivity contribution in [1.29, 1.82) is 0 Å². The second-order valence-electron chi connectivity index (χ2n) is 5.31. The van der Waals surface area contributed by atoms with E-state index >= 15 is 0 Å². The Morgan fingerprint density at radius 3 is 2.46 bits per heavy atom. The Morgan fingerprint density at radius 1 is 1.08 bits per heavy atom. The fourth-order valence-corrected chi connectivity index (χ4v) is 2.89. The van der Waals surface area contributed by atoms with E-state index in [1.807, 2.05) is 61.5 Å². The lowest BCUT2D eigenvalue weighted by Crippen LogP contribution is -2.30. The third-order valence-electron chi connectivity index (χ3n) is 3.40. The fraction of sp³-hybridized carbons (Fsp3) is 0.222. The molecule has 0 saturated carbocycles. The molecule has 1 atom stereocenters. The van der Waals surface area contributed by atoms with Crippen molar-refractivity contribution in [1.82, 2.24) is 5.32 Å². The summed E-state index contributed by atoms with van der Waals surface area (Å²) in [6.07, 6.45) is 0. The quantitative estimate of drug-likeness (QED) is 0.643. The predicted molar refractivity (Wildman–Crippen MR) is 97.8 cm³/mol. The highest BCUT2D eigenvalue weighted by atomic mass is 32.2. The lowest BCUT2D eigenvalue weighted by molar-refractivity contribution is -0.116. The number of nitrogens with two attached hydrogens (primary N) is 1. The first-order valence-electron chi connectivity index (χ1n) is 7.64. The molecular formula is C18H21N3O2S. The monoisotopic (exact) mass is 343 g/mol. The topological polar surface area (TPSA) is 84.2 Å². The average Bonchev–Trinajstić information content (AvgIpc) is 2.59. The highest BCUT2D eigenvalue weighted by Gasteiger charge is 2.10. The highest BCUT2D eigenvalue weighted by molar-refractivity contribution is 8.00. The SMILES string of the molecule is C[C@H](NCC(=O)Nc1ccccc1SCC(N)=O)c1ccccc1. The minimum Gasteiger partial charge on any atom is -0.369 e. The van der Waals surface area contributed by atoms with Crippen LogP contribution in [0.3, 0.4) is 0 Å². The Labute approximate surface area is 146 Å². The second kappa shape index (κ2) is 9.10. The third-order valence-corrected chi connectivity index (χ3v) is 4.50. The number of primary amides is 1. The van der Waals surface area contributed by atoms with Crippen LogP contribution in [0.1, 0.15) is 18.5 Å². The van der Waals surface area contributed by atoms with Gasteiger partial charge in [0.15, 0.2) is 0 Å². The van der Waals surface area contributed by atoms with Gasteiger partial charge in [-0.2, -0.15) is 0 Å². The molecule has 0 aliphatic heterocycles. The molecule has 6 heteroatoms. The van der Waals surface area contributed by atoms with Gasteiger partial charge in [0.2, 0.25) is 11.8 Å². The van der Waals surface area contributed by atoms with Gasteiger partial charge in [0, 0.05) is 10.9 Å². The van der Waals surface area contributed by atoms with E-state index in [2.05, 4.69) is 10.6 Å². The first-order valence-corrected chi connectivity index (χ1v) is 8.63. The van der Waals surface area contributed by atoms with Gasteiger partial charge in [-0.1, -0.05) is 42.5 Å². The maximum Gasteiger partial charge on any atom is 0.238 e. The molecule has 0 unspecified atom stereocenters. The Hall–Kier alpha value is -2.31. The van der Waals surface area contributed by atoms with Gasteiger partial charge in [-0.05, 0) is 24.6 Å². The summed E-state index contributed by atoms with van der Waals surface area (Å²) in [5.41, 5.74) is 6.98. The lowest BCUT2D eigenvalue weighted by atomic mass is 10.1. The number of nitrogens with one attached hydrogen (secondary N) is 2. The summed E-state index contributed by atoms with van der Waals surface area (Å²) >= 11 is 1.31. The molecule has 0 fully saturated rings. The molecular weight excluding hydrogens is 322 g/mol. The number of hydrogen-bond acceptors (Lipinski definition) is 4. The van der Waals surface area contributed by atoms with Gasteiger partial charge in [-0.3, -0.25) is 9.59 Å². The minimum absolute atomic E-state index is 0.0800. The van der Waals surface area contributed by atoms with Crippen molar-refractivity contribution < 1.29 is 9.59 Å². The van der Waals surface area contributed by atoms with Crippen molar-refractivity contribution in [2.75, 3.05) is 17.6 Å². The van der Waals surface area contributed by atoms with Crippen LogP contribution in [0.2, 0.25) is 0 Å². The van der Waals surface area contributed by atoms with Crippen molar-refractivity contribution in [3.63, 3.8) is 0 Å². The Kier molecular flexibility index (Phi) is 6.84. The van der Waals surface area contributed by atoms with E-state index in [-0.39, 0.29) is 30.2 Å². The summed E-state index contributed by atoms with van der Waals surface area (Å²) in [7, 11) is 0. The summed E-state index contributed by atoms with van der Waals surface area (Å²) < 4.78 is 0. The van der Waals surface area contributed by atoms with Gasteiger partial charge in [0.05, 0.1) is 18.0 Å². The maximum absolute atomic E-state index is 12.2. The first kappa shape index (κ1) is 18.0. The van der Waals surface area contributed by atoms with Gasteiger partial charge in [0.25, 0.3) is 0 Å². The number of para-hydroxylation sites is 1. The van der Waals surface area contributed by atoms with Crippen molar-refractivity contribution in [3.05, 3.63) is 60.2 Å². The molecule has 2 aromatic carbocycles. The zero-order valence-electron chi connectivity index (χ0n) is 13.5. The molecule has 126 valence electrons. The molecule has 0 aliphatic carbocycles. The Morgan fingerprint density at radius 2 is 1.75 bits per heavy atom. The van der Waals surface area contributed by atoms with Crippen LogP contribution in [0.5, 0.6) is 0 Å². The van der Waals surface area contributed by atoms with Crippen LogP contribution in [-0.4, -0.2) is 24.1 Å². The normalized spacial score (nSPS) is 11.7. The number of amides is 2. The van der Waals surface area contributed by atoms with E-state index in [1.54, 1.807) is 0 Å². The molecule has 24 heavy (non-hydrogen) atoms. The van der Waals surface area contributed by atoms with Crippen molar-refractivity contribution >= 4 is 29.3 Å². The van der Waals surface area contributed by atoms with Gasteiger partial charge >= 0.3 is 0 Å². The summed E-state index contributed by atoms with van der Waals surface area (Å²) in [5, 5.41) is 6.06. The number of benzene rings is 2. The molecule has 0 bridgehead atoms. The highest BCUT2D eigenvalue weighted by Crippen LogP contribution is 2.26. The van der Waals surface area contributed by atoms with E-state index in [1.165, 1.54) is 11.8 Å². The number of anilines is 1. The number of carbonyl (C=O) groups excluding carboxylic acids is 2. The first-order chi connectivity index (χ1) is 11.6. The van der Waals surface area contributed by atoms with Crippen molar-refractivity contribution in [3.8, 4) is 0 Å². The van der Waals surface area contributed by atoms with Crippen LogP contribution in [0, 0.1) is 0 Å². The van der Waals surface area contributed by atoms with Crippen LogP contribution in [0.4, 0.5) is 5.69 Å². The third kappa shape index (κ3) is 5.72. The predicted octanol–water partition coefficient (Wildman–Crippen LogP) is 2.55. The molecule has 0 spiro atoms. The standard InChI is InChI=1S/C18H21N3O2S/c1-13(14-7-3-2-4-8-14)20-11-18(23)21-15-9-5-6-10-16(15)24-12-17(19)22/h2-10,13,20H,11-12H2,1H3,(H2,19,22)(H,21,23)/t13-/m0/s1. The van der Waals surface area contributed by atoms with Crippen molar-refractivity contribution in [2.45, 2.75) is 17.9 Å². The molecule has 2 amide bonds. The molecule has 2 rings (SSSR count). The van der Waals surface area contributed by atoms with E-state index in [4.69, 9.17) is 5.73 Å². The molecule has 2 aromatic rings. The Bertz CT molecular complexity index is 692. The van der Waals surface area contributed by atoms with Crippen LogP contribution in [0.15, 0.2) is 59.5 Å². The maximum atomic E-state index is 12.2. The lowest BCUT2D eigenvalue weighted by Gasteiger charge is -2.15. The smallest absolute Gasteiger partial charge is 0.238 e. The number of thioether (sulfide) groups is 1. The van der Waals surface area contributed by atoms with Gasteiger partial charge < -0.3 is 16.4 Å². The molecule has 4 N–H and O–H groups in total. The second-order valence-corrected chi connectivity index (χ2v) is 6.33. The summed E-state index contributed by atoms with van der Waals surface area (Å²) in [6.45, 7) is 2.21. The summed E-state index contributed by atoms with van der Waals surface area (Å²) in [6, 6.07) is 17.4. The molecule has 5 nitrogen and oxygen atoms in total. The van der Waals surface area contributed by atoms with Crippen molar-refractivity contribution in [2.24, 2.45) is 5.73 Å². The number of rotatable bonds is 8. The van der Waals surface area contributed by atoms with Crippen LogP contribution >= 0.6 is 11.8 Å². The van der Waals surface area contributed by atoms with Crippen LogP contribution in [-0.2, 0) is 9.59 Å². The van der Waals surface area contributed by atoms with Gasteiger partial charge in [-0.15, -0.1) is 11.8 Å². The van der Waals surface area contributed by atoms with E-state index in [9.17, 15) is 9.59 Å². The number of carbonyl (C=O) groups is 2.